The summed E-state index contributed by atoms with van der Waals surface area (Å²) in [6.07, 6.45) is 8.98. The molecule has 0 fully saturated rings. The van der Waals surface area contributed by atoms with Gasteiger partial charge in [-0.25, -0.2) is 4.98 Å². The van der Waals surface area contributed by atoms with E-state index in [-0.39, 0.29) is 12.0 Å². The molecule has 1 aromatic heterocycles. The lowest BCUT2D eigenvalue weighted by atomic mass is 9.89. The number of rotatable bonds is 9. The van der Waals surface area contributed by atoms with Gasteiger partial charge >= 0.3 is 0 Å². The van der Waals surface area contributed by atoms with Gasteiger partial charge in [-0.3, -0.25) is 0 Å². The fourth-order valence-corrected chi connectivity index (χ4v) is 1.65. The van der Waals surface area contributed by atoms with Crippen LogP contribution in [0.2, 0.25) is 0 Å². The first-order valence-electron chi connectivity index (χ1n) is 6.47. The predicted octanol–water partition coefficient (Wildman–Crippen LogP) is 1.66. The normalized spacial score (nSPS) is 14.8. The van der Waals surface area contributed by atoms with Gasteiger partial charge in [0.2, 0.25) is 0 Å². The molecule has 0 radical (unpaired) electrons. The standard InChI is InChI=1S/C13H25N3O/c1-3-13(2,11-17)10-14-6-4-5-8-16-9-7-15-12-16/h7,9,12,14,17H,3-6,8,10-11H2,1-2H3. The summed E-state index contributed by atoms with van der Waals surface area (Å²) in [5.41, 5.74) is 0.0321. The van der Waals surface area contributed by atoms with E-state index in [1.54, 1.807) is 0 Å². The molecule has 4 heteroatoms. The van der Waals surface area contributed by atoms with Crippen molar-refractivity contribution in [2.75, 3.05) is 19.7 Å². The highest BCUT2D eigenvalue weighted by molar-refractivity contribution is 4.75. The Bertz CT molecular complexity index is 281. The molecule has 0 spiro atoms. The van der Waals surface area contributed by atoms with Gasteiger partial charge in [0.25, 0.3) is 0 Å². The second kappa shape index (κ2) is 7.45. The number of aliphatic hydroxyl groups excluding tert-OH is 1. The number of aliphatic hydroxyl groups is 1. The van der Waals surface area contributed by atoms with Crippen LogP contribution < -0.4 is 5.32 Å². The summed E-state index contributed by atoms with van der Waals surface area (Å²) >= 11 is 0. The second-order valence-corrected chi connectivity index (χ2v) is 5.01. The van der Waals surface area contributed by atoms with E-state index in [1.165, 1.54) is 0 Å². The van der Waals surface area contributed by atoms with Crippen molar-refractivity contribution in [3.8, 4) is 0 Å². The zero-order valence-electron chi connectivity index (χ0n) is 11.0. The van der Waals surface area contributed by atoms with Gasteiger partial charge in [0.1, 0.15) is 0 Å². The van der Waals surface area contributed by atoms with Gasteiger partial charge in [-0.05, 0) is 25.8 Å². The molecule has 0 amide bonds. The number of unbranched alkanes of at least 4 members (excludes halogenated alkanes) is 1. The van der Waals surface area contributed by atoms with E-state index in [0.29, 0.717) is 0 Å². The molecular weight excluding hydrogens is 214 g/mol. The number of aryl methyl sites for hydroxylation is 1. The third-order valence-electron chi connectivity index (χ3n) is 3.37. The van der Waals surface area contributed by atoms with E-state index >= 15 is 0 Å². The van der Waals surface area contributed by atoms with Crippen molar-refractivity contribution in [2.24, 2.45) is 5.41 Å². The highest BCUT2D eigenvalue weighted by Gasteiger charge is 2.19. The largest absolute Gasteiger partial charge is 0.396 e. The Balaban J connectivity index is 2.01. The molecule has 2 N–H and O–H groups in total. The minimum atomic E-state index is 0.0321. The molecule has 1 rings (SSSR count). The van der Waals surface area contributed by atoms with Gasteiger partial charge < -0.3 is 15.0 Å². The summed E-state index contributed by atoms with van der Waals surface area (Å²) in [5, 5.41) is 12.7. The third kappa shape index (κ3) is 5.33. The summed E-state index contributed by atoms with van der Waals surface area (Å²) in [6.45, 7) is 7.44. The summed E-state index contributed by atoms with van der Waals surface area (Å²) in [5.74, 6) is 0. The van der Waals surface area contributed by atoms with Crippen LogP contribution in [0.3, 0.4) is 0 Å². The van der Waals surface area contributed by atoms with Crippen LogP contribution in [-0.4, -0.2) is 34.4 Å². The van der Waals surface area contributed by atoms with Gasteiger partial charge in [-0.15, -0.1) is 0 Å². The monoisotopic (exact) mass is 239 g/mol. The number of nitrogens with zero attached hydrogens (tertiary/aromatic N) is 2. The number of aromatic nitrogens is 2. The van der Waals surface area contributed by atoms with Crippen molar-refractivity contribution in [3.63, 3.8) is 0 Å². The topological polar surface area (TPSA) is 50.1 Å². The van der Waals surface area contributed by atoms with Crippen molar-refractivity contribution >= 4 is 0 Å². The predicted molar refractivity (Wildman–Crippen MR) is 69.8 cm³/mol. The van der Waals surface area contributed by atoms with Crippen molar-refractivity contribution in [1.82, 2.24) is 14.9 Å². The summed E-state index contributed by atoms with van der Waals surface area (Å²) in [4.78, 5) is 4.01. The Morgan fingerprint density at radius 2 is 2.24 bits per heavy atom. The molecule has 0 saturated heterocycles. The highest BCUT2D eigenvalue weighted by Crippen LogP contribution is 2.18. The van der Waals surface area contributed by atoms with Crippen molar-refractivity contribution in [2.45, 2.75) is 39.7 Å². The molecule has 0 aliphatic rings. The van der Waals surface area contributed by atoms with Gasteiger partial charge in [-0.1, -0.05) is 13.8 Å². The van der Waals surface area contributed by atoms with Crippen LogP contribution in [0, 0.1) is 5.41 Å². The van der Waals surface area contributed by atoms with Crippen LogP contribution in [0.4, 0.5) is 0 Å². The average molecular weight is 239 g/mol. The lowest BCUT2D eigenvalue weighted by molar-refractivity contribution is 0.135. The number of hydrogen-bond acceptors (Lipinski definition) is 3. The molecule has 0 aliphatic heterocycles. The van der Waals surface area contributed by atoms with E-state index in [4.69, 9.17) is 0 Å². The Morgan fingerprint density at radius 1 is 1.41 bits per heavy atom. The molecule has 4 nitrogen and oxygen atoms in total. The lowest BCUT2D eigenvalue weighted by Crippen LogP contribution is -2.34. The third-order valence-corrected chi connectivity index (χ3v) is 3.37. The first-order chi connectivity index (χ1) is 8.20. The van der Waals surface area contributed by atoms with Crippen LogP contribution in [-0.2, 0) is 6.54 Å². The molecule has 17 heavy (non-hydrogen) atoms. The van der Waals surface area contributed by atoms with Crippen LogP contribution in [0.1, 0.15) is 33.1 Å². The van der Waals surface area contributed by atoms with Crippen LogP contribution in [0.5, 0.6) is 0 Å². The van der Waals surface area contributed by atoms with Crippen molar-refractivity contribution in [1.29, 1.82) is 0 Å². The molecule has 0 aliphatic carbocycles. The molecule has 98 valence electrons. The minimum absolute atomic E-state index is 0.0321. The molecule has 0 bridgehead atoms. The van der Waals surface area contributed by atoms with E-state index in [1.807, 2.05) is 18.7 Å². The SMILES string of the molecule is CCC(C)(CO)CNCCCCn1ccnc1. The molecule has 1 atom stereocenters. The van der Waals surface area contributed by atoms with Gasteiger partial charge in [-0.2, -0.15) is 0 Å². The highest BCUT2D eigenvalue weighted by atomic mass is 16.3. The van der Waals surface area contributed by atoms with Crippen LogP contribution in [0.15, 0.2) is 18.7 Å². The quantitative estimate of drug-likeness (QED) is 0.644. The van der Waals surface area contributed by atoms with Gasteiger partial charge in [0.05, 0.1) is 6.33 Å². The van der Waals surface area contributed by atoms with Crippen molar-refractivity contribution < 1.29 is 5.11 Å². The zero-order chi connectivity index (χ0) is 12.6. The van der Waals surface area contributed by atoms with Gasteiger partial charge in [0, 0.05) is 37.5 Å². The average Bonchev–Trinajstić information content (AvgIpc) is 2.86. The second-order valence-electron chi connectivity index (χ2n) is 5.01. The van der Waals surface area contributed by atoms with E-state index in [0.717, 1.165) is 38.9 Å². The fourth-order valence-electron chi connectivity index (χ4n) is 1.65. The maximum absolute atomic E-state index is 9.26. The zero-order valence-corrected chi connectivity index (χ0v) is 11.0. The maximum Gasteiger partial charge on any atom is 0.0945 e. The number of hydrogen-bond donors (Lipinski definition) is 2. The maximum atomic E-state index is 9.26. The molecule has 1 heterocycles. The summed E-state index contributed by atoms with van der Waals surface area (Å²) in [6, 6.07) is 0. The fraction of sp³-hybridized carbons (Fsp3) is 0.769. The number of nitrogens with one attached hydrogen (secondary N) is 1. The first-order valence-corrected chi connectivity index (χ1v) is 6.47. The molecular formula is C13H25N3O. The number of imidazole rings is 1. The lowest BCUT2D eigenvalue weighted by Gasteiger charge is -2.25. The van der Waals surface area contributed by atoms with E-state index < -0.39 is 0 Å². The van der Waals surface area contributed by atoms with Crippen LogP contribution >= 0.6 is 0 Å². The Morgan fingerprint density at radius 3 is 2.82 bits per heavy atom. The van der Waals surface area contributed by atoms with Crippen LogP contribution in [0.25, 0.3) is 0 Å². The Hall–Kier alpha value is -0.870. The van der Waals surface area contributed by atoms with E-state index in [9.17, 15) is 5.11 Å². The van der Waals surface area contributed by atoms with Gasteiger partial charge in [0.15, 0.2) is 0 Å². The molecule has 1 unspecified atom stereocenters. The van der Waals surface area contributed by atoms with E-state index in [2.05, 4.69) is 28.7 Å². The Kier molecular flexibility index (Phi) is 6.22. The molecule has 0 aromatic carbocycles. The van der Waals surface area contributed by atoms with Crippen molar-refractivity contribution in [3.05, 3.63) is 18.7 Å². The minimum Gasteiger partial charge on any atom is -0.396 e. The smallest absolute Gasteiger partial charge is 0.0945 e. The Labute approximate surface area is 104 Å². The first kappa shape index (κ1) is 14.2. The molecule has 1 aromatic rings. The summed E-state index contributed by atoms with van der Waals surface area (Å²) in [7, 11) is 0. The summed E-state index contributed by atoms with van der Waals surface area (Å²) < 4.78 is 2.10. The molecule has 0 saturated carbocycles.